The van der Waals surface area contributed by atoms with Crippen molar-refractivity contribution in [2.45, 2.75) is 6.42 Å². The van der Waals surface area contributed by atoms with Gasteiger partial charge in [-0.1, -0.05) is 18.2 Å². The van der Waals surface area contributed by atoms with Gasteiger partial charge in [-0.25, -0.2) is 0 Å². The zero-order valence-electron chi connectivity index (χ0n) is 10.2. The maximum atomic E-state index is 9.06. The number of hydrogen-bond acceptors (Lipinski definition) is 5. The molecule has 2 rings (SSSR count). The van der Waals surface area contributed by atoms with Crippen molar-refractivity contribution >= 4 is 16.6 Å². The highest BCUT2D eigenvalue weighted by molar-refractivity contribution is 5.92. The molecule has 0 spiro atoms. The maximum absolute atomic E-state index is 9.06. The lowest BCUT2D eigenvalue weighted by Gasteiger charge is -2.09. The first-order valence-electron chi connectivity index (χ1n) is 5.75. The maximum Gasteiger partial charge on any atom is 0.186 e. The van der Waals surface area contributed by atoms with Crippen LogP contribution in [0.15, 0.2) is 24.3 Å². The van der Waals surface area contributed by atoms with E-state index >= 15 is 0 Å². The van der Waals surface area contributed by atoms with Crippen LogP contribution in [-0.4, -0.2) is 30.5 Å². The van der Waals surface area contributed by atoms with Gasteiger partial charge < -0.3 is 10.1 Å². The number of anilines is 1. The molecule has 5 heteroatoms. The van der Waals surface area contributed by atoms with Crippen LogP contribution in [-0.2, 0) is 4.74 Å². The molecule has 0 saturated carbocycles. The first kappa shape index (κ1) is 12.3. The molecule has 1 aromatic heterocycles. The summed E-state index contributed by atoms with van der Waals surface area (Å²) in [4.78, 5) is 0. The monoisotopic (exact) mass is 242 g/mol. The number of nitriles is 1. The van der Waals surface area contributed by atoms with E-state index in [9.17, 15) is 0 Å². The highest BCUT2D eigenvalue weighted by Crippen LogP contribution is 2.23. The molecule has 0 aliphatic heterocycles. The zero-order valence-corrected chi connectivity index (χ0v) is 10.2. The summed E-state index contributed by atoms with van der Waals surface area (Å²) in [6.45, 7) is 1.42. The summed E-state index contributed by atoms with van der Waals surface area (Å²) in [5.41, 5.74) is 1.86. The molecular weight excluding hydrogens is 228 g/mol. The average Bonchev–Trinajstić information content (AvgIpc) is 2.43. The fraction of sp³-hybridized carbons (Fsp3) is 0.308. The third-order valence-electron chi connectivity index (χ3n) is 2.60. The summed E-state index contributed by atoms with van der Waals surface area (Å²) < 4.78 is 4.99. The number of methoxy groups -OCH3 is 1. The number of benzene rings is 1. The number of ether oxygens (including phenoxy) is 1. The Kier molecular flexibility index (Phi) is 4.05. The van der Waals surface area contributed by atoms with Crippen molar-refractivity contribution < 1.29 is 4.74 Å². The molecule has 0 amide bonds. The van der Waals surface area contributed by atoms with E-state index < -0.39 is 0 Å². The van der Waals surface area contributed by atoms with Crippen LogP contribution in [0.1, 0.15) is 12.1 Å². The molecule has 0 unspecified atom stereocenters. The minimum atomic E-state index is 0.325. The van der Waals surface area contributed by atoms with E-state index in [1.54, 1.807) is 7.11 Å². The van der Waals surface area contributed by atoms with E-state index in [1.807, 2.05) is 24.3 Å². The second kappa shape index (κ2) is 5.94. The van der Waals surface area contributed by atoms with Gasteiger partial charge >= 0.3 is 0 Å². The van der Waals surface area contributed by atoms with Crippen LogP contribution in [0, 0.1) is 11.3 Å². The van der Waals surface area contributed by atoms with Crippen molar-refractivity contribution in [3.63, 3.8) is 0 Å². The predicted octanol–water partition coefficient (Wildman–Crippen LogP) is 1.95. The fourth-order valence-electron chi connectivity index (χ4n) is 1.74. The molecule has 5 nitrogen and oxygen atoms in total. The first-order valence-corrected chi connectivity index (χ1v) is 5.75. The molecule has 0 atom stereocenters. The number of rotatable bonds is 5. The van der Waals surface area contributed by atoms with Gasteiger partial charge in [0.2, 0.25) is 0 Å². The van der Waals surface area contributed by atoms with Gasteiger partial charge in [-0.3, -0.25) is 0 Å². The van der Waals surface area contributed by atoms with Crippen LogP contribution in [0.4, 0.5) is 5.69 Å². The predicted molar refractivity (Wildman–Crippen MR) is 69.2 cm³/mol. The van der Waals surface area contributed by atoms with Crippen molar-refractivity contribution in [1.29, 1.82) is 5.26 Å². The Balaban J connectivity index is 2.30. The van der Waals surface area contributed by atoms with Crippen LogP contribution < -0.4 is 5.32 Å². The number of fused-ring (bicyclic) bond motifs is 1. The molecule has 0 aliphatic carbocycles. The number of hydrogen-bond donors (Lipinski definition) is 1. The quantitative estimate of drug-likeness (QED) is 0.811. The molecule has 0 fully saturated rings. The van der Waals surface area contributed by atoms with Gasteiger partial charge in [-0.15, -0.1) is 10.2 Å². The lowest BCUT2D eigenvalue weighted by molar-refractivity contribution is 0.198. The van der Waals surface area contributed by atoms with Crippen LogP contribution in [0.5, 0.6) is 0 Å². The highest BCUT2D eigenvalue weighted by Gasteiger charge is 2.09. The van der Waals surface area contributed by atoms with Crippen molar-refractivity contribution in [1.82, 2.24) is 10.2 Å². The molecule has 1 N–H and O–H groups in total. The topological polar surface area (TPSA) is 70.8 Å². The summed E-state index contributed by atoms with van der Waals surface area (Å²) in [5, 5.41) is 21.2. The molecule has 0 bridgehead atoms. The zero-order chi connectivity index (χ0) is 12.8. The van der Waals surface area contributed by atoms with Gasteiger partial charge in [0.15, 0.2) is 5.69 Å². The van der Waals surface area contributed by atoms with Gasteiger partial charge in [0, 0.05) is 25.6 Å². The Hall–Kier alpha value is -2.19. The van der Waals surface area contributed by atoms with Gasteiger partial charge in [0.25, 0.3) is 0 Å². The van der Waals surface area contributed by atoms with E-state index in [0.29, 0.717) is 12.3 Å². The molecule has 0 radical (unpaired) electrons. The fourth-order valence-corrected chi connectivity index (χ4v) is 1.74. The molecule has 0 aliphatic rings. The smallest absolute Gasteiger partial charge is 0.186 e. The Labute approximate surface area is 105 Å². The molecular formula is C13H14N4O. The van der Waals surface area contributed by atoms with Gasteiger partial charge in [0.1, 0.15) is 6.07 Å². The standard InChI is InChI=1S/C13H14N4O/c1-18-8-4-7-15-13-10-5-2-3-6-11(10)16-17-12(13)9-14/h2-3,5-6H,4,7-8H2,1H3,(H,15,16). The van der Waals surface area contributed by atoms with E-state index in [-0.39, 0.29) is 0 Å². The molecule has 0 saturated heterocycles. The van der Waals surface area contributed by atoms with Crippen LogP contribution in [0.3, 0.4) is 0 Å². The SMILES string of the molecule is COCCCNc1c(C#N)nnc2ccccc12. The van der Waals surface area contributed by atoms with Crippen LogP contribution in [0.2, 0.25) is 0 Å². The summed E-state index contributed by atoms with van der Waals surface area (Å²) >= 11 is 0. The average molecular weight is 242 g/mol. The molecule has 18 heavy (non-hydrogen) atoms. The third-order valence-corrected chi connectivity index (χ3v) is 2.60. The molecule has 1 aromatic carbocycles. The highest BCUT2D eigenvalue weighted by atomic mass is 16.5. The Morgan fingerprint density at radius 1 is 1.33 bits per heavy atom. The summed E-state index contributed by atoms with van der Waals surface area (Å²) in [7, 11) is 1.67. The normalized spacial score (nSPS) is 10.2. The van der Waals surface area contributed by atoms with Crippen molar-refractivity contribution in [2.75, 3.05) is 25.6 Å². The number of nitrogens with zero attached hydrogens (tertiary/aromatic N) is 3. The van der Waals surface area contributed by atoms with E-state index in [0.717, 1.165) is 29.6 Å². The van der Waals surface area contributed by atoms with Crippen LogP contribution >= 0.6 is 0 Å². The third kappa shape index (κ3) is 2.55. The summed E-state index contributed by atoms with van der Waals surface area (Å²) in [5.74, 6) is 0. The van der Waals surface area contributed by atoms with Crippen molar-refractivity contribution in [3.8, 4) is 6.07 Å². The van der Waals surface area contributed by atoms with E-state index in [1.165, 1.54) is 0 Å². The Morgan fingerprint density at radius 3 is 2.94 bits per heavy atom. The first-order chi connectivity index (χ1) is 8.86. The van der Waals surface area contributed by atoms with Gasteiger partial charge in [-0.05, 0) is 12.5 Å². The lowest BCUT2D eigenvalue weighted by Crippen LogP contribution is -2.08. The van der Waals surface area contributed by atoms with Gasteiger partial charge in [-0.2, -0.15) is 5.26 Å². The van der Waals surface area contributed by atoms with E-state index in [4.69, 9.17) is 10.00 Å². The molecule has 92 valence electrons. The minimum Gasteiger partial charge on any atom is -0.385 e. The summed E-state index contributed by atoms with van der Waals surface area (Å²) in [6, 6.07) is 9.70. The van der Waals surface area contributed by atoms with Crippen LogP contribution in [0.25, 0.3) is 10.9 Å². The lowest BCUT2D eigenvalue weighted by atomic mass is 10.1. The number of nitrogens with one attached hydrogen (secondary N) is 1. The second-order valence-electron chi connectivity index (χ2n) is 3.83. The van der Waals surface area contributed by atoms with Gasteiger partial charge in [0.05, 0.1) is 11.2 Å². The number of aromatic nitrogens is 2. The van der Waals surface area contributed by atoms with Crippen molar-refractivity contribution in [2.24, 2.45) is 0 Å². The summed E-state index contributed by atoms with van der Waals surface area (Å²) in [6.07, 6.45) is 0.873. The van der Waals surface area contributed by atoms with E-state index in [2.05, 4.69) is 21.6 Å². The Bertz CT molecular complexity index is 577. The Morgan fingerprint density at radius 2 is 2.17 bits per heavy atom. The molecule has 1 heterocycles. The largest absolute Gasteiger partial charge is 0.385 e. The minimum absolute atomic E-state index is 0.325. The molecule has 2 aromatic rings. The second-order valence-corrected chi connectivity index (χ2v) is 3.83. The van der Waals surface area contributed by atoms with Crippen molar-refractivity contribution in [3.05, 3.63) is 30.0 Å².